The summed E-state index contributed by atoms with van der Waals surface area (Å²) >= 11 is 0. The molecule has 1 N–H and O–H groups in total. The molecular formula is C32H33N7O. The molecule has 1 saturated carbocycles. The molecule has 2 aliphatic rings. The van der Waals surface area contributed by atoms with E-state index in [2.05, 4.69) is 99.2 Å². The molecule has 5 aromatic rings. The third-order valence-electron chi connectivity index (χ3n) is 8.22. The van der Waals surface area contributed by atoms with Gasteiger partial charge in [0.15, 0.2) is 5.65 Å². The van der Waals surface area contributed by atoms with E-state index in [-0.39, 0.29) is 6.04 Å². The van der Waals surface area contributed by atoms with E-state index < -0.39 is 0 Å². The summed E-state index contributed by atoms with van der Waals surface area (Å²) in [5.41, 5.74) is 7.39. The maximum absolute atomic E-state index is 6.18. The fraction of sp³-hybridized carbons (Fsp3) is 0.312. The van der Waals surface area contributed by atoms with Gasteiger partial charge in [0.05, 0.1) is 18.1 Å². The zero-order valence-corrected chi connectivity index (χ0v) is 23.1. The van der Waals surface area contributed by atoms with Crippen LogP contribution in [-0.4, -0.2) is 45.1 Å². The first-order valence-electron chi connectivity index (χ1n) is 14.0. The van der Waals surface area contributed by atoms with E-state index in [1.807, 2.05) is 12.3 Å². The molecule has 0 spiro atoms. The highest BCUT2D eigenvalue weighted by Gasteiger charge is 2.27. The first-order chi connectivity index (χ1) is 19.5. The summed E-state index contributed by atoms with van der Waals surface area (Å²) in [6.45, 7) is 6.35. The predicted molar refractivity (Wildman–Crippen MR) is 158 cm³/mol. The lowest BCUT2D eigenvalue weighted by Crippen LogP contribution is -2.29. The topological polar surface area (TPSA) is 83.1 Å². The molecule has 8 nitrogen and oxygen atoms in total. The molecule has 7 rings (SSSR count). The van der Waals surface area contributed by atoms with Crippen molar-refractivity contribution >= 4 is 22.8 Å². The first-order valence-corrected chi connectivity index (χ1v) is 14.0. The quantitative estimate of drug-likeness (QED) is 0.279. The second-order valence-corrected chi connectivity index (χ2v) is 10.9. The van der Waals surface area contributed by atoms with Crippen LogP contribution in [0.2, 0.25) is 0 Å². The fourth-order valence-corrected chi connectivity index (χ4v) is 5.63. The number of nitrogens with zero attached hydrogens (tertiary/aromatic N) is 6. The number of hydrogen-bond donors (Lipinski definition) is 1. The van der Waals surface area contributed by atoms with Crippen LogP contribution in [0.1, 0.15) is 54.2 Å². The van der Waals surface area contributed by atoms with E-state index >= 15 is 0 Å². The van der Waals surface area contributed by atoms with Gasteiger partial charge in [-0.15, -0.1) is 0 Å². The highest BCUT2D eigenvalue weighted by atomic mass is 16.5. The Morgan fingerprint density at radius 1 is 1.02 bits per heavy atom. The van der Waals surface area contributed by atoms with Crippen LogP contribution in [0.4, 0.5) is 11.6 Å². The Kier molecular flexibility index (Phi) is 6.10. The molecule has 1 atom stereocenters. The second kappa shape index (κ2) is 9.93. The minimum Gasteiger partial charge on any atom is -0.491 e. The molecule has 2 aromatic carbocycles. The molecule has 40 heavy (non-hydrogen) atoms. The molecule has 1 aliphatic carbocycles. The van der Waals surface area contributed by atoms with Crippen molar-refractivity contribution in [1.82, 2.24) is 24.9 Å². The van der Waals surface area contributed by atoms with Crippen LogP contribution in [0.15, 0.2) is 67.1 Å². The smallest absolute Gasteiger partial charge is 0.177 e. The van der Waals surface area contributed by atoms with Gasteiger partial charge in [0, 0.05) is 42.4 Å². The van der Waals surface area contributed by atoms with Crippen LogP contribution in [0, 0.1) is 6.92 Å². The van der Waals surface area contributed by atoms with Crippen molar-refractivity contribution in [2.24, 2.45) is 0 Å². The normalized spacial score (nSPS) is 15.8. The Hall–Kier alpha value is -4.46. The number of hydrogen-bond acceptors (Lipinski definition) is 7. The SMILES string of the molecule is Cc1c(N2CCOc3ccc(-c4cnc5nc(C6CC6)[nH]c5c4)cc3C2)ncnc1N(C)[C@H](C)c1ccccc1. The molecule has 0 amide bonds. The van der Waals surface area contributed by atoms with Crippen molar-refractivity contribution in [2.75, 3.05) is 30.0 Å². The van der Waals surface area contributed by atoms with Crippen molar-refractivity contribution in [3.05, 3.63) is 89.6 Å². The van der Waals surface area contributed by atoms with Gasteiger partial charge in [-0.25, -0.2) is 19.9 Å². The molecule has 0 radical (unpaired) electrons. The Balaban J connectivity index is 1.17. The summed E-state index contributed by atoms with van der Waals surface area (Å²) in [7, 11) is 2.10. The van der Waals surface area contributed by atoms with E-state index in [0.29, 0.717) is 19.1 Å². The molecule has 0 unspecified atom stereocenters. The molecule has 4 heterocycles. The summed E-state index contributed by atoms with van der Waals surface area (Å²) in [6, 6.07) is 19.3. The lowest BCUT2D eigenvalue weighted by Gasteiger charge is -2.30. The summed E-state index contributed by atoms with van der Waals surface area (Å²) in [4.78, 5) is 26.8. The number of aromatic amines is 1. The van der Waals surface area contributed by atoms with Gasteiger partial charge in [-0.05, 0) is 56.0 Å². The van der Waals surface area contributed by atoms with E-state index in [9.17, 15) is 0 Å². The van der Waals surface area contributed by atoms with Gasteiger partial charge in [0.25, 0.3) is 0 Å². The lowest BCUT2D eigenvalue weighted by molar-refractivity contribution is 0.331. The van der Waals surface area contributed by atoms with Crippen LogP contribution < -0.4 is 14.5 Å². The zero-order valence-electron chi connectivity index (χ0n) is 23.1. The third-order valence-corrected chi connectivity index (χ3v) is 8.22. The summed E-state index contributed by atoms with van der Waals surface area (Å²) in [5.74, 6) is 4.42. The van der Waals surface area contributed by atoms with E-state index in [1.54, 1.807) is 6.33 Å². The van der Waals surface area contributed by atoms with Gasteiger partial charge in [0.2, 0.25) is 0 Å². The lowest BCUT2D eigenvalue weighted by atomic mass is 10.0. The van der Waals surface area contributed by atoms with Crippen molar-refractivity contribution in [3.8, 4) is 16.9 Å². The summed E-state index contributed by atoms with van der Waals surface area (Å²) in [6.07, 6.45) is 6.02. The third kappa shape index (κ3) is 4.53. The van der Waals surface area contributed by atoms with E-state index in [4.69, 9.17) is 9.72 Å². The molecule has 0 saturated heterocycles. The average molecular weight is 532 g/mol. The number of fused-ring (bicyclic) bond motifs is 2. The number of rotatable bonds is 6. The maximum atomic E-state index is 6.18. The van der Waals surface area contributed by atoms with Crippen molar-refractivity contribution in [3.63, 3.8) is 0 Å². The Bertz CT molecular complexity index is 1680. The number of H-pyrrole nitrogens is 1. The van der Waals surface area contributed by atoms with Crippen LogP contribution in [0.5, 0.6) is 5.75 Å². The van der Waals surface area contributed by atoms with Gasteiger partial charge in [-0.3, -0.25) is 0 Å². The van der Waals surface area contributed by atoms with Gasteiger partial charge in [-0.1, -0.05) is 36.4 Å². The van der Waals surface area contributed by atoms with Crippen molar-refractivity contribution < 1.29 is 4.74 Å². The second-order valence-electron chi connectivity index (χ2n) is 10.9. The number of nitrogens with one attached hydrogen (secondary N) is 1. The first kappa shape index (κ1) is 24.6. The number of imidazole rings is 1. The summed E-state index contributed by atoms with van der Waals surface area (Å²) < 4.78 is 6.18. The summed E-state index contributed by atoms with van der Waals surface area (Å²) in [5, 5.41) is 0. The maximum Gasteiger partial charge on any atom is 0.177 e. The number of aromatic nitrogens is 5. The standard InChI is InChI=1S/C32H33N7O/c1-20-31(38(3)21(2)22-7-5-4-6-8-22)34-19-35-32(20)39-13-14-40-28-12-11-24(15-26(28)18-39)25-16-27-30(33-17-25)37-29(36-27)23-9-10-23/h4-8,11-12,15-17,19,21,23H,9-10,13-14,18H2,1-3H3,(H,33,36,37)/t21-/m1/s1. The molecule has 8 heteroatoms. The molecular weight excluding hydrogens is 498 g/mol. The van der Waals surface area contributed by atoms with Crippen LogP contribution in [0.3, 0.4) is 0 Å². The Morgan fingerprint density at radius 2 is 1.88 bits per heavy atom. The Labute approximate surface area is 234 Å². The number of pyridine rings is 1. The van der Waals surface area contributed by atoms with Crippen LogP contribution >= 0.6 is 0 Å². The minimum absolute atomic E-state index is 0.180. The van der Waals surface area contributed by atoms with E-state index in [1.165, 1.54) is 18.4 Å². The number of ether oxygens (including phenoxy) is 1. The molecule has 202 valence electrons. The van der Waals surface area contributed by atoms with Crippen LogP contribution in [-0.2, 0) is 6.54 Å². The molecule has 0 bridgehead atoms. The number of anilines is 2. The minimum atomic E-state index is 0.180. The highest BCUT2D eigenvalue weighted by molar-refractivity contribution is 5.78. The molecule has 1 aliphatic heterocycles. The molecule has 3 aromatic heterocycles. The highest BCUT2D eigenvalue weighted by Crippen LogP contribution is 2.39. The fourth-order valence-electron chi connectivity index (χ4n) is 5.63. The largest absolute Gasteiger partial charge is 0.491 e. The zero-order chi connectivity index (χ0) is 27.2. The van der Waals surface area contributed by atoms with Gasteiger partial charge in [0.1, 0.15) is 36.1 Å². The van der Waals surface area contributed by atoms with Crippen LogP contribution in [0.25, 0.3) is 22.3 Å². The van der Waals surface area contributed by atoms with Gasteiger partial charge >= 0.3 is 0 Å². The average Bonchev–Trinajstić information content (AvgIpc) is 3.78. The Morgan fingerprint density at radius 3 is 2.70 bits per heavy atom. The van der Waals surface area contributed by atoms with E-state index in [0.717, 1.165) is 63.2 Å². The molecule has 1 fully saturated rings. The van der Waals surface area contributed by atoms with Gasteiger partial charge in [-0.2, -0.15) is 0 Å². The van der Waals surface area contributed by atoms with Crippen molar-refractivity contribution in [1.29, 1.82) is 0 Å². The predicted octanol–water partition coefficient (Wildman–Crippen LogP) is 6.20. The van der Waals surface area contributed by atoms with Gasteiger partial charge < -0.3 is 19.5 Å². The number of benzene rings is 2. The van der Waals surface area contributed by atoms with Crippen molar-refractivity contribution in [2.45, 2.75) is 45.2 Å². The monoisotopic (exact) mass is 531 g/mol.